The van der Waals surface area contributed by atoms with Gasteiger partial charge in [-0.15, -0.1) is 0 Å². The van der Waals surface area contributed by atoms with Crippen molar-refractivity contribution in [1.82, 2.24) is 10.2 Å². The molecule has 1 fully saturated rings. The van der Waals surface area contributed by atoms with E-state index in [-0.39, 0.29) is 18.5 Å². The number of anilines is 1. The highest BCUT2D eigenvalue weighted by atomic mass is 35.5. The van der Waals surface area contributed by atoms with Crippen molar-refractivity contribution in [2.45, 2.75) is 71.5 Å². The number of aryl methyl sites for hydroxylation is 1. The van der Waals surface area contributed by atoms with Gasteiger partial charge in [0.25, 0.3) is 0 Å². The summed E-state index contributed by atoms with van der Waals surface area (Å²) in [6, 6.07) is 12.0. The van der Waals surface area contributed by atoms with Gasteiger partial charge < -0.3 is 10.2 Å². The monoisotopic (exact) mass is 533 g/mol. The van der Waals surface area contributed by atoms with Crippen LogP contribution in [-0.4, -0.2) is 50.0 Å². The molecule has 0 aromatic heterocycles. The molecule has 0 radical (unpaired) electrons. The lowest BCUT2D eigenvalue weighted by Gasteiger charge is -2.34. The van der Waals surface area contributed by atoms with E-state index in [0.29, 0.717) is 22.7 Å². The second-order valence-corrected chi connectivity index (χ2v) is 11.8. The molecule has 1 N–H and O–H groups in total. The van der Waals surface area contributed by atoms with Gasteiger partial charge in [-0.2, -0.15) is 0 Å². The maximum Gasteiger partial charge on any atom is 0.244 e. The molecule has 1 saturated carbocycles. The molecule has 3 rings (SSSR count). The van der Waals surface area contributed by atoms with Crippen LogP contribution in [0.15, 0.2) is 42.5 Å². The van der Waals surface area contributed by atoms with Crippen LogP contribution in [0.2, 0.25) is 5.02 Å². The van der Waals surface area contributed by atoms with Gasteiger partial charge in [0.15, 0.2) is 0 Å². The number of nitrogens with zero attached hydrogens (tertiary/aromatic N) is 2. The van der Waals surface area contributed by atoms with Crippen molar-refractivity contribution in [2.75, 3.05) is 17.1 Å². The summed E-state index contributed by atoms with van der Waals surface area (Å²) in [6.07, 6.45) is 5.50. The Morgan fingerprint density at radius 1 is 1.08 bits per heavy atom. The fourth-order valence-electron chi connectivity index (χ4n) is 4.72. The first-order chi connectivity index (χ1) is 17.0. The lowest BCUT2D eigenvalue weighted by molar-refractivity contribution is -0.140. The zero-order valence-corrected chi connectivity index (χ0v) is 23.0. The van der Waals surface area contributed by atoms with E-state index in [4.69, 9.17) is 11.6 Å². The molecule has 1 aliphatic carbocycles. The number of hydrogen-bond acceptors (Lipinski definition) is 4. The van der Waals surface area contributed by atoms with Gasteiger partial charge in [0.2, 0.25) is 21.8 Å². The Bertz CT molecular complexity index is 1200. The molecule has 7 nitrogen and oxygen atoms in total. The molecule has 9 heteroatoms. The second-order valence-electron chi connectivity index (χ2n) is 9.52. The number of carbonyl (C=O) groups excluding carboxylic acids is 2. The molecule has 0 heterocycles. The molecule has 0 unspecified atom stereocenters. The Kier molecular flexibility index (Phi) is 9.41. The van der Waals surface area contributed by atoms with Crippen LogP contribution >= 0.6 is 11.6 Å². The molecule has 0 bridgehead atoms. The second kappa shape index (κ2) is 12.1. The average Bonchev–Trinajstić information content (AvgIpc) is 3.33. The van der Waals surface area contributed by atoms with Gasteiger partial charge in [0.1, 0.15) is 12.6 Å². The normalized spacial score (nSPS) is 14.9. The zero-order valence-electron chi connectivity index (χ0n) is 21.5. The average molecular weight is 534 g/mol. The third-order valence-electron chi connectivity index (χ3n) is 6.88. The predicted octanol–water partition coefficient (Wildman–Crippen LogP) is 4.59. The van der Waals surface area contributed by atoms with Crippen LogP contribution in [0, 0.1) is 13.8 Å². The predicted molar refractivity (Wildman–Crippen MR) is 145 cm³/mol. The Morgan fingerprint density at radius 2 is 1.75 bits per heavy atom. The van der Waals surface area contributed by atoms with Gasteiger partial charge in [-0.3, -0.25) is 13.9 Å². The molecule has 1 aliphatic rings. The van der Waals surface area contributed by atoms with Crippen molar-refractivity contribution in [2.24, 2.45) is 0 Å². The summed E-state index contributed by atoms with van der Waals surface area (Å²) in [5.41, 5.74) is 2.81. The minimum Gasteiger partial charge on any atom is -0.352 e. The molecule has 0 saturated heterocycles. The van der Waals surface area contributed by atoms with Crippen LogP contribution in [0.1, 0.15) is 55.7 Å². The molecule has 2 amide bonds. The third kappa shape index (κ3) is 6.79. The third-order valence-corrected chi connectivity index (χ3v) is 8.41. The largest absolute Gasteiger partial charge is 0.352 e. The fraction of sp³-hybridized carbons (Fsp3) is 0.481. The summed E-state index contributed by atoms with van der Waals surface area (Å²) < 4.78 is 26.7. The summed E-state index contributed by atoms with van der Waals surface area (Å²) in [7, 11) is -3.81. The first-order valence-electron chi connectivity index (χ1n) is 12.4. The van der Waals surface area contributed by atoms with E-state index in [1.165, 1.54) is 4.90 Å². The van der Waals surface area contributed by atoms with Crippen molar-refractivity contribution in [1.29, 1.82) is 0 Å². The summed E-state index contributed by atoms with van der Waals surface area (Å²) >= 11 is 6.26. The fourth-order valence-corrected chi connectivity index (χ4v) is 5.79. The van der Waals surface area contributed by atoms with Crippen LogP contribution in [-0.2, 0) is 26.2 Å². The Labute approximate surface area is 219 Å². The van der Waals surface area contributed by atoms with E-state index >= 15 is 0 Å². The first-order valence-corrected chi connectivity index (χ1v) is 14.6. The Hall–Kier alpha value is -2.58. The van der Waals surface area contributed by atoms with E-state index in [1.807, 2.05) is 38.1 Å². The maximum atomic E-state index is 13.8. The number of benzene rings is 2. The highest BCUT2D eigenvalue weighted by Gasteiger charge is 2.33. The highest BCUT2D eigenvalue weighted by Crippen LogP contribution is 2.29. The van der Waals surface area contributed by atoms with Crippen LogP contribution in [0.4, 0.5) is 5.69 Å². The summed E-state index contributed by atoms with van der Waals surface area (Å²) in [5, 5.41) is 3.53. The smallest absolute Gasteiger partial charge is 0.244 e. The number of carbonyl (C=O) groups is 2. The van der Waals surface area contributed by atoms with Crippen LogP contribution in [0.25, 0.3) is 0 Å². The number of sulfonamides is 1. The van der Waals surface area contributed by atoms with Crippen molar-refractivity contribution >= 4 is 39.1 Å². The number of rotatable bonds is 10. The van der Waals surface area contributed by atoms with Gasteiger partial charge in [-0.1, -0.05) is 61.7 Å². The van der Waals surface area contributed by atoms with E-state index in [9.17, 15) is 18.0 Å². The number of halogens is 1. The molecular formula is C27H36ClN3O4S. The van der Waals surface area contributed by atoms with Crippen molar-refractivity contribution in [3.05, 3.63) is 64.2 Å². The van der Waals surface area contributed by atoms with Crippen LogP contribution in [0.3, 0.4) is 0 Å². The molecule has 2 aromatic rings. The molecule has 0 spiro atoms. The topological polar surface area (TPSA) is 86.8 Å². The number of hydrogen-bond donors (Lipinski definition) is 1. The van der Waals surface area contributed by atoms with Gasteiger partial charge in [-0.25, -0.2) is 8.42 Å². The van der Waals surface area contributed by atoms with E-state index < -0.39 is 28.5 Å². The lowest BCUT2D eigenvalue weighted by atomic mass is 10.1. The van der Waals surface area contributed by atoms with Crippen LogP contribution < -0.4 is 9.62 Å². The molecule has 0 aliphatic heterocycles. The van der Waals surface area contributed by atoms with Gasteiger partial charge in [0.05, 0.1) is 11.9 Å². The molecule has 196 valence electrons. The maximum absolute atomic E-state index is 13.8. The molecule has 2 aromatic carbocycles. The van der Waals surface area contributed by atoms with Gasteiger partial charge >= 0.3 is 0 Å². The quantitative estimate of drug-likeness (QED) is 0.484. The van der Waals surface area contributed by atoms with Crippen molar-refractivity contribution in [3.63, 3.8) is 0 Å². The number of amides is 2. The molecule has 1 atom stereocenters. The minimum atomic E-state index is -3.81. The van der Waals surface area contributed by atoms with Crippen LogP contribution in [0.5, 0.6) is 0 Å². The van der Waals surface area contributed by atoms with Gasteiger partial charge in [-0.05, 0) is 61.9 Å². The van der Waals surface area contributed by atoms with E-state index in [1.54, 1.807) is 25.1 Å². The Morgan fingerprint density at radius 3 is 2.36 bits per heavy atom. The molecule has 36 heavy (non-hydrogen) atoms. The minimum absolute atomic E-state index is 0.114. The summed E-state index contributed by atoms with van der Waals surface area (Å²) in [6.45, 7) is 5.31. The Balaban J connectivity index is 1.96. The molecular weight excluding hydrogens is 498 g/mol. The summed E-state index contributed by atoms with van der Waals surface area (Å²) in [5.74, 6) is -0.646. The SMILES string of the molecule is CC[C@@H](C(=O)NC1CCCC1)N(Cc1ccccc1C)C(=O)CN(c1cccc(Cl)c1C)S(C)(=O)=O. The van der Waals surface area contributed by atoms with Gasteiger partial charge in [0, 0.05) is 17.6 Å². The number of nitrogens with one attached hydrogen (secondary N) is 1. The van der Waals surface area contributed by atoms with Crippen molar-refractivity contribution in [3.8, 4) is 0 Å². The van der Waals surface area contributed by atoms with E-state index in [0.717, 1.165) is 47.4 Å². The van der Waals surface area contributed by atoms with E-state index in [2.05, 4.69) is 5.32 Å². The lowest BCUT2D eigenvalue weighted by Crippen LogP contribution is -2.53. The standard InChI is InChI=1S/C27H36ClN3O4S/c1-5-24(27(33)29-22-13-8-9-14-22)30(17-21-12-7-6-11-19(21)2)26(32)18-31(36(4,34)35)25-16-10-15-23(28)20(25)3/h6-7,10-12,15-16,22,24H,5,8-9,13-14,17-18H2,1-4H3,(H,29,33)/t24-/m0/s1. The zero-order chi connectivity index (χ0) is 26.5. The summed E-state index contributed by atoms with van der Waals surface area (Å²) in [4.78, 5) is 28.7. The first kappa shape index (κ1) is 28.0. The highest BCUT2D eigenvalue weighted by molar-refractivity contribution is 7.92. The van der Waals surface area contributed by atoms with Crippen molar-refractivity contribution < 1.29 is 18.0 Å².